The summed E-state index contributed by atoms with van der Waals surface area (Å²) in [5, 5.41) is 6.56. The zero-order valence-corrected chi connectivity index (χ0v) is 17.2. The molecule has 5 nitrogen and oxygen atoms in total. The second-order valence-corrected chi connectivity index (χ2v) is 8.09. The SMILES string of the molecule is CC(C)(C)c1nc(Nc2cccc(Cl)c2)ncc1C(=O)NCc1ccc(F)cc1. The van der Waals surface area contributed by atoms with Gasteiger partial charge in [0, 0.05) is 28.9 Å². The monoisotopic (exact) mass is 412 g/mol. The van der Waals surface area contributed by atoms with Crippen molar-refractivity contribution < 1.29 is 9.18 Å². The van der Waals surface area contributed by atoms with E-state index in [1.54, 1.807) is 24.3 Å². The molecule has 0 bridgehead atoms. The standard InChI is InChI=1S/C22H22ClFN4O/c1-22(2,3)19-18(20(29)25-12-14-7-9-16(24)10-8-14)13-26-21(28-19)27-17-6-4-5-15(23)11-17/h4-11,13H,12H2,1-3H3,(H,25,29)(H,26,27,28). The molecule has 1 amide bonds. The van der Waals surface area contributed by atoms with Gasteiger partial charge in [-0.3, -0.25) is 4.79 Å². The Labute approximate surface area is 174 Å². The van der Waals surface area contributed by atoms with Gasteiger partial charge in [-0.15, -0.1) is 0 Å². The van der Waals surface area contributed by atoms with Gasteiger partial charge < -0.3 is 10.6 Å². The third-order valence-electron chi connectivity index (χ3n) is 4.19. The predicted molar refractivity (Wildman–Crippen MR) is 113 cm³/mol. The summed E-state index contributed by atoms with van der Waals surface area (Å²) < 4.78 is 13.0. The summed E-state index contributed by atoms with van der Waals surface area (Å²) in [4.78, 5) is 21.6. The van der Waals surface area contributed by atoms with Crippen LogP contribution in [0.2, 0.25) is 5.02 Å². The van der Waals surface area contributed by atoms with E-state index in [4.69, 9.17) is 11.6 Å². The number of rotatable bonds is 5. The molecule has 150 valence electrons. The Kier molecular flexibility index (Phi) is 6.13. The number of benzene rings is 2. The Bertz CT molecular complexity index is 1020. The van der Waals surface area contributed by atoms with E-state index in [0.717, 1.165) is 11.3 Å². The molecule has 0 radical (unpaired) electrons. The van der Waals surface area contributed by atoms with E-state index in [9.17, 15) is 9.18 Å². The first-order valence-electron chi connectivity index (χ1n) is 9.15. The quantitative estimate of drug-likeness (QED) is 0.601. The summed E-state index contributed by atoms with van der Waals surface area (Å²) in [5.41, 5.74) is 2.20. The number of hydrogen-bond donors (Lipinski definition) is 2. The van der Waals surface area contributed by atoms with Crippen LogP contribution in [0.1, 0.15) is 42.4 Å². The molecular formula is C22H22ClFN4O. The summed E-state index contributed by atoms with van der Waals surface area (Å²) in [6, 6.07) is 13.2. The van der Waals surface area contributed by atoms with Gasteiger partial charge >= 0.3 is 0 Å². The van der Waals surface area contributed by atoms with Crippen LogP contribution in [0.25, 0.3) is 0 Å². The number of halogens is 2. The minimum Gasteiger partial charge on any atom is -0.348 e. The molecule has 29 heavy (non-hydrogen) atoms. The molecule has 0 atom stereocenters. The molecule has 0 aliphatic rings. The highest BCUT2D eigenvalue weighted by molar-refractivity contribution is 6.30. The Balaban J connectivity index is 1.81. The topological polar surface area (TPSA) is 66.9 Å². The first-order valence-corrected chi connectivity index (χ1v) is 9.53. The van der Waals surface area contributed by atoms with Gasteiger partial charge in [-0.25, -0.2) is 14.4 Å². The van der Waals surface area contributed by atoms with Gasteiger partial charge in [0.15, 0.2) is 0 Å². The zero-order valence-electron chi connectivity index (χ0n) is 16.5. The normalized spacial score (nSPS) is 11.2. The summed E-state index contributed by atoms with van der Waals surface area (Å²) in [6.45, 7) is 6.23. The van der Waals surface area contributed by atoms with E-state index in [1.165, 1.54) is 18.3 Å². The van der Waals surface area contributed by atoms with Crippen molar-refractivity contribution in [2.75, 3.05) is 5.32 Å². The molecule has 0 aliphatic carbocycles. The van der Waals surface area contributed by atoms with Gasteiger partial charge in [0.2, 0.25) is 5.95 Å². The summed E-state index contributed by atoms with van der Waals surface area (Å²) in [6.07, 6.45) is 1.51. The van der Waals surface area contributed by atoms with Crippen molar-refractivity contribution in [2.24, 2.45) is 0 Å². The average molecular weight is 413 g/mol. The number of carbonyl (C=O) groups excluding carboxylic acids is 1. The molecule has 0 unspecified atom stereocenters. The van der Waals surface area contributed by atoms with Crippen LogP contribution in [-0.4, -0.2) is 15.9 Å². The van der Waals surface area contributed by atoms with Gasteiger partial charge in [-0.1, -0.05) is 50.6 Å². The van der Waals surface area contributed by atoms with E-state index in [-0.39, 0.29) is 23.7 Å². The smallest absolute Gasteiger partial charge is 0.254 e. The highest BCUT2D eigenvalue weighted by Gasteiger charge is 2.25. The van der Waals surface area contributed by atoms with E-state index in [1.807, 2.05) is 32.9 Å². The second kappa shape index (κ2) is 8.57. The van der Waals surface area contributed by atoms with Gasteiger partial charge in [0.25, 0.3) is 5.91 Å². The van der Waals surface area contributed by atoms with Crippen LogP contribution in [-0.2, 0) is 12.0 Å². The van der Waals surface area contributed by atoms with Crippen LogP contribution in [0.5, 0.6) is 0 Å². The molecular weight excluding hydrogens is 391 g/mol. The molecule has 2 aromatic carbocycles. The van der Waals surface area contributed by atoms with E-state index >= 15 is 0 Å². The first-order chi connectivity index (χ1) is 13.7. The van der Waals surface area contributed by atoms with Crippen molar-refractivity contribution >= 4 is 29.1 Å². The number of hydrogen-bond acceptors (Lipinski definition) is 4. The largest absolute Gasteiger partial charge is 0.348 e. The lowest BCUT2D eigenvalue weighted by atomic mass is 9.88. The van der Waals surface area contributed by atoms with Crippen molar-refractivity contribution in [3.63, 3.8) is 0 Å². The van der Waals surface area contributed by atoms with Crippen LogP contribution in [0, 0.1) is 5.82 Å². The molecule has 3 aromatic rings. The minimum atomic E-state index is -0.379. The van der Waals surface area contributed by atoms with Crippen molar-refractivity contribution in [3.05, 3.63) is 82.4 Å². The van der Waals surface area contributed by atoms with E-state index in [0.29, 0.717) is 22.2 Å². The van der Waals surface area contributed by atoms with Crippen LogP contribution >= 0.6 is 11.6 Å². The van der Waals surface area contributed by atoms with Crippen LogP contribution < -0.4 is 10.6 Å². The third-order valence-corrected chi connectivity index (χ3v) is 4.43. The van der Waals surface area contributed by atoms with Crippen LogP contribution in [0.4, 0.5) is 16.0 Å². The van der Waals surface area contributed by atoms with E-state index in [2.05, 4.69) is 20.6 Å². The summed E-state index contributed by atoms with van der Waals surface area (Å²) in [7, 11) is 0. The van der Waals surface area contributed by atoms with Crippen LogP contribution in [0.3, 0.4) is 0 Å². The highest BCUT2D eigenvalue weighted by atomic mass is 35.5. The van der Waals surface area contributed by atoms with Crippen molar-refractivity contribution in [1.82, 2.24) is 15.3 Å². The number of amides is 1. The fourth-order valence-electron chi connectivity index (χ4n) is 2.76. The molecule has 0 saturated carbocycles. The van der Waals surface area contributed by atoms with Gasteiger partial charge in [-0.2, -0.15) is 0 Å². The molecule has 0 spiro atoms. The molecule has 0 saturated heterocycles. The fraction of sp³-hybridized carbons (Fsp3) is 0.227. The molecule has 7 heteroatoms. The lowest BCUT2D eigenvalue weighted by Gasteiger charge is -2.22. The average Bonchev–Trinajstić information content (AvgIpc) is 2.66. The lowest BCUT2D eigenvalue weighted by molar-refractivity contribution is 0.0947. The molecule has 1 aromatic heterocycles. The lowest BCUT2D eigenvalue weighted by Crippen LogP contribution is -2.28. The van der Waals surface area contributed by atoms with Crippen molar-refractivity contribution in [2.45, 2.75) is 32.7 Å². The van der Waals surface area contributed by atoms with Crippen molar-refractivity contribution in [1.29, 1.82) is 0 Å². The Morgan fingerprint density at radius 2 is 1.86 bits per heavy atom. The molecule has 3 rings (SSSR count). The number of nitrogens with one attached hydrogen (secondary N) is 2. The number of carbonyl (C=O) groups is 1. The number of nitrogens with zero attached hydrogens (tertiary/aromatic N) is 2. The van der Waals surface area contributed by atoms with Gasteiger partial charge in [0.1, 0.15) is 5.82 Å². The maximum Gasteiger partial charge on any atom is 0.254 e. The van der Waals surface area contributed by atoms with E-state index < -0.39 is 0 Å². The Morgan fingerprint density at radius 1 is 1.14 bits per heavy atom. The Morgan fingerprint density at radius 3 is 2.52 bits per heavy atom. The molecule has 2 N–H and O–H groups in total. The van der Waals surface area contributed by atoms with Crippen molar-refractivity contribution in [3.8, 4) is 0 Å². The third kappa shape index (κ3) is 5.51. The Hall–Kier alpha value is -2.99. The van der Waals surface area contributed by atoms with Gasteiger partial charge in [-0.05, 0) is 35.9 Å². The summed E-state index contributed by atoms with van der Waals surface area (Å²) >= 11 is 6.02. The number of aromatic nitrogens is 2. The van der Waals surface area contributed by atoms with Gasteiger partial charge in [0.05, 0.1) is 11.3 Å². The highest BCUT2D eigenvalue weighted by Crippen LogP contribution is 2.26. The molecule has 0 aliphatic heterocycles. The molecule has 0 fully saturated rings. The summed E-state index contributed by atoms with van der Waals surface area (Å²) in [5.74, 6) is -0.216. The molecule has 1 heterocycles. The zero-order chi connectivity index (χ0) is 21.0. The minimum absolute atomic E-state index is 0.283. The first kappa shape index (κ1) is 20.7. The van der Waals surface area contributed by atoms with Crippen LogP contribution in [0.15, 0.2) is 54.7 Å². The fourth-order valence-corrected chi connectivity index (χ4v) is 2.95. The predicted octanol–water partition coefficient (Wildman–Crippen LogP) is 5.24. The number of anilines is 2. The second-order valence-electron chi connectivity index (χ2n) is 7.65. The maximum atomic E-state index is 13.0. The maximum absolute atomic E-state index is 13.0.